The number of carbonyl (C=O) groups is 3. The van der Waals surface area contributed by atoms with Crippen LogP contribution in [0.3, 0.4) is 0 Å². The quantitative estimate of drug-likeness (QED) is 0.0737. The molecule has 0 spiro atoms. The maximum absolute atomic E-state index is 14.5. The van der Waals surface area contributed by atoms with Crippen molar-refractivity contribution < 1.29 is 24.0 Å². The normalized spacial score (nSPS) is 24.9. The second kappa shape index (κ2) is 10.7. The lowest BCUT2D eigenvalue weighted by molar-refractivity contribution is -0.385. The Morgan fingerprint density at radius 1 is 0.822 bits per heavy atom. The number of carbonyl (C=O) groups excluding carboxylic acids is 3. The summed E-state index contributed by atoms with van der Waals surface area (Å²) in [4.78, 5) is 52.1. The topological polar surface area (TPSA) is 107 Å². The van der Waals surface area contributed by atoms with Crippen molar-refractivity contribution in [2.45, 2.75) is 28.8 Å². The smallest absolute Gasteiger partial charge is 0.330 e. The van der Waals surface area contributed by atoms with E-state index in [9.17, 15) is 24.5 Å². The van der Waals surface area contributed by atoms with E-state index in [1.54, 1.807) is 30.3 Å². The largest absolute Gasteiger partial charge is 0.459 e. The molecule has 8 rings (SSSR count). The van der Waals surface area contributed by atoms with Gasteiger partial charge in [-0.3, -0.25) is 24.6 Å². The van der Waals surface area contributed by atoms with E-state index >= 15 is 0 Å². The van der Waals surface area contributed by atoms with Gasteiger partial charge in [-0.1, -0.05) is 90.5 Å². The Bertz CT molecular complexity index is 1790. The van der Waals surface area contributed by atoms with Crippen LogP contribution in [0.15, 0.2) is 97.1 Å². The molecule has 2 bridgehead atoms. The third-order valence-electron chi connectivity index (χ3n) is 9.09. The van der Waals surface area contributed by atoms with Crippen molar-refractivity contribution in [1.82, 2.24) is 4.90 Å². The molecule has 1 saturated heterocycles. The number of esters is 1. The van der Waals surface area contributed by atoms with Crippen LogP contribution in [-0.2, 0) is 41.9 Å². The van der Waals surface area contributed by atoms with Crippen molar-refractivity contribution in [2.75, 3.05) is 0 Å². The first-order valence-electron chi connectivity index (χ1n) is 14.2. The number of halogens is 3. The lowest BCUT2D eigenvalue weighted by Gasteiger charge is -2.54. The number of hydrogen-bond acceptors (Lipinski definition) is 6. The predicted octanol–water partition coefficient (Wildman–Crippen LogP) is 6.50. The fourth-order valence-electron chi connectivity index (χ4n) is 7.19. The Morgan fingerprint density at radius 2 is 1.31 bits per heavy atom. The second-order valence-corrected chi connectivity index (χ2v) is 13.0. The van der Waals surface area contributed by atoms with Crippen LogP contribution in [-0.4, -0.2) is 33.6 Å². The second-order valence-electron chi connectivity index (χ2n) is 11.4. The van der Waals surface area contributed by atoms with Crippen LogP contribution in [0.4, 0.5) is 5.69 Å². The molecule has 0 saturated carbocycles. The molecule has 8 nitrogen and oxygen atoms in total. The van der Waals surface area contributed by atoms with Crippen molar-refractivity contribution in [3.8, 4) is 0 Å². The number of ether oxygens (including phenoxy) is 1. The maximum Gasteiger partial charge on any atom is 0.330 e. The zero-order valence-corrected chi connectivity index (χ0v) is 25.6. The number of hydrogen-bond donors (Lipinski definition) is 0. The predicted molar refractivity (Wildman–Crippen MR) is 167 cm³/mol. The van der Waals surface area contributed by atoms with E-state index in [0.29, 0.717) is 27.8 Å². The third kappa shape index (κ3) is 4.23. The molecule has 3 aliphatic carbocycles. The molecule has 11 heteroatoms. The summed E-state index contributed by atoms with van der Waals surface area (Å²) < 4.78 is 5.60. The van der Waals surface area contributed by atoms with Crippen LogP contribution >= 0.6 is 34.8 Å². The monoisotopic (exact) mass is 660 g/mol. The van der Waals surface area contributed by atoms with Gasteiger partial charge in [0.1, 0.15) is 22.4 Å². The number of benzene rings is 4. The number of alkyl halides is 2. The summed E-state index contributed by atoms with van der Waals surface area (Å²) in [6.45, 7) is -0.476. The van der Waals surface area contributed by atoms with Crippen molar-refractivity contribution in [2.24, 2.45) is 11.8 Å². The van der Waals surface area contributed by atoms with Gasteiger partial charge in [-0.25, -0.2) is 4.79 Å². The molecular weight excluding hydrogens is 639 g/mol. The lowest BCUT2D eigenvalue weighted by atomic mass is 9.54. The highest BCUT2D eigenvalue weighted by atomic mass is 35.5. The standard InChI is InChI=1S/C34H23Cl3N2O6/c35-21-15-14-20(26(17-21)39(43)44)18-45-32(42)27(16-19-8-2-1-3-9-19)38-30(40)28-29(31(38)41)34(37)23-11-5-4-10-22(23)33(28,36)24-12-6-7-13-25(24)34/h1-15,17,27-29H,16,18H2/t27-,28-,29-,33?,34?/m0/s1. The minimum Gasteiger partial charge on any atom is -0.459 e. The van der Waals surface area contributed by atoms with Gasteiger partial charge < -0.3 is 4.74 Å². The van der Waals surface area contributed by atoms with Gasteiger partial charge in [0, 0.05) is 17.5 Å². The van der Waals surface area contributed by atoms with Gasteiger partial charge in [0.25, 0.3) is 5.69 Å². The number of nitro groups is 1. The first-order valence-corrected chi connectivity index (χ1v) is 15.3. The molecule has 4 aliphatic rings. The van der Waals surface area contributed by atoms with Gasteiger partial charge in [0.05, 0.1) is 22.3 Å². The first-order chi connectivity index (χ1) is 21.6. The van der Waals surface area contributed by atoms with Crippen molar-refractivity contribution >= 4 is 58.3 Å². The molecular formula is C34H23Cl3N2O6. The van der Waals surface area contributed by atoms with Crippen molar-refractivity contribution in [1.29, 1.82) is 0 Å². The number of imide groups is 1. The molecule has 1 heterocycles. The van der Waals surface area contributed by atoms with Crippen molar-refractivity contribution in [3.05, 3.63) is 146 Å². The Hall–Kier alpha value is -4.24. The number of rotatable bonds is 7. The summed E-state index contributed by atoms with van der Waals surface area (Å²) in [5, 5.41) is 11.8. The zero-order chi connectivity index (χ0) is 31.7. The Morgan fingerprint density at radius 3 is 1.80 bits per heavy atom. The zero-order valence-electron chi connectivity index (χ0n) is 23.4. The van der Waals surface area contributed by atoms with Crippen LogP contribution in [0, 0.1) is 22.0 Å². The maximum atomic E-state index is 14.5. The fraction of sp³-hybridized carbons (Fsp3) is 0.206. The van der Waals surface area contributed by atoms with E-state index in [4.69, 9.17) is 39.5 Å². The van der Waals surface area contributed by atoms with E-state index in [-0.39, 0.29) is 22.7 Å². The minimum absolute atomic E-state index is 0.0518. The van der Waals surface area contributed by atoms with Gasteiger partial charge in [0.15, 0.2) is 0 Å². The molecule has 2 amide bonds. The highest BCUT2D eigenvalue weighted by Gasteiger charge is 2.73. The molecule has 45 heavy (non-hydrogen) atoms. The van der Waals surface area contributed by atoms with Gasteiger partial charge in [-0.2, -0.15) is 0 Å². The van der Waals surface area contributed by atoms with E-state index in [0.717, 1.165) is 11.0 Å². The first kappa shape index (κ1) is 29.5. The molecule has 4 aromatic carbocycles. The number of amides is 2. The SMILES string of the molecule is O=C(OCc1ccc(Cl)cc1[N+](=O)[O-])[C@H](Cc1ccccc1)N1C(=O)[C@@H]2[C@@H](C1=O)C1(Cl)c3ccccc3C2(Cl)c2ccccc21. The third-order valence-corrected chi connectivity index (χ3v) is 10.6. The Balaban J connectivity index is 1.31. The molecule has 0 N–H and O–H groups in total. The molecule has 1 aliphatic heterocycles. The van der Waals surface area contributed by atoms with E-state index in [1.807, 2.05) is 48.5 Å². The minimum atomic E-state index is -1.42. The average molecular weight is 662 g/mol. The van der Waals surface area contributed by atoms with Gasteiger partial charge in [0.2, 0.25) is 11.8 Å². The van der Waals surface area contributed by atoms with Gasteiger partial charge >= 0.3 is 5.97 Å². The van der Waals surface area contributed by atoms with E-state index in [2.05, 4.69) is 0 Å². The Labute approximate surface area is 272 Å². The Kier molecular flexibility index (Phi) is 7.00. The summed E-state index contributed by atoms with van der Waals surface area (Å²) in [6, 6.07) is 26.0. The van der Waals surface area contributed by atoms with Gasteiger partial charge in [-0.05, 0) is 39.9 Å². The lowest BCUT2D eigenvalue weighted by Crippen LogP contribution is -2.57. The number of nitro benzene ring substituents is 1. The number of nitrogens with zero attached hydrogens (tertiary/aromatic N) is 2. The summed E-state index contributed by atoms with van der Waals surface area (Å²) in [5.74, 6) is -4.37. The van der Waals surface area contributed by atoms with Gasteiger partial charge in [-0.15, -0.1) is 23.2 Å². The molecule has 0 radical (unpaired) electrons. The van der Waals surface area contributed by atoms with Crippen molar-refractivity contribution in [3.63, 3.8) is 0 Å². The highest BCUT2D eigenvalue weighted by molar-refractivity contribution is 6.36. The highest BCUT2D eigenvalue weighted by Crippen LogP contribution is 2.69. The molecule has 1 fully saturated rings. The average Bonchev–Trinajstić information content (AvgIpc) is 3.32. The number of likely N-dealkylation sites (tertiary alicyclic amines) is 1. The molecule has 4 aromatic rings. The van der Waals surface area contributed by atoms with Crippen LogP contribution in [0.25, 0.3) is 0 Å². The van der Waals surface area contributed by atoms with E-state index < -0.39 is 56.9 Å². The molecule has 226 valence electrons. The summed E-state index contributed by atoms with van der Waals surface area (Å²) in [6.07, 6.45) is -0.0518. The van der Waals surface area contributed by atoms with Crippen LogP contribution < -0.4 is 0 Å². The van der Waals surface area contributed by atoms with Crippen LogP contribution in [0.1, 0.15) is 33.4 Å². The fourth-order valence-corrected chi connectivity index (χ4v) is 8.45. The van der Waals surface area contributed by atoms with E-state index in [1.165, 1.54) is 12.1 Å². The summed E-state index contributed by atoms with van der Waals surface area (Å²) >= 11 is 21.0. The van der Waals surface area contributed by atoms with Crippen LogP contribution in [0.2, 0.25) is 5.02 Å². The molecule has 0 aromatic heterocycles. The summed E-state index contributed by atoms with van der Waals surface area (Å²) in [7, 11) is 0. The summed E-state index contributed by atoms with van der Waals surface area (Å²) in [5.41, 5.74) is 3.01. The molecule has 3 atom stereocenters. The van der Waals surface area contributed by atoms with Crippen LogP contribution in [0.5, 0.6) is 0 Å². The molecule has 0 unspecified atom stereocenters.